The van der Waals surface area contributed by atoms with E-state index in [0.29, 0.717) is 19.4 Å². The van der Waals surface area contributed by atoms with Crippen molar-refractivity contribution in [2.75, 3.05) is 6.54 Å². The molecular weight excluding hydrogens is 360 g/mol. The largest absolute Gasteiger partial charge is 0.338 e. The minimum atomic E-state index is 0.142. The Morgan fingerprint density at radius 1 is 0.862 bits per heavy atom. The van der Waals surface area contributed by atoms with E-state index in [1.807, 2.05) is 36.4 Å². The first-order chi connectivity index (χ1) is 14.2. The zero-order chi connectivity index (χ0) is 20.1. The Morgan fingerprint density at radius 3 is 2.28 bits per heavy atom. The van der Waals surface area contributed by atoms with Gasteiger partial charge in [-0.15, -0.1) is 0 Å². The van der Waals surface area contributed by atoms with Crippen LogP contribution in [0.2, 0.25) is 0 Å². The molecule has 0 aromatic heterocycles. The summed E-state index contributed by atoms with van der Waals surface area (Å²) in [5.74, 6) is 0.469. The maximum atomic E-state index is 13.0. The summed E-state index contributed by atoms with van der Waals surface area (Å²) in [7, 11) is 0. The maximum absolute atomic E-state index is 13.0. The first-order valence-electron chi connectivity index (χ1n) is 10.9. The molecule has 2 amide bonds. The van der Waals surface area contributed by atoms with Crippen molar-refractivity contribution in [1.29, 1.82) is 0 Å². The van der Waals surface area contributed by atoms with Crippen molar-refractivity contribution >= 4 is 11.8 Å². The van der Waals surface area contributed by atoms with Crippen LogP contribution in [0.1, 0.15) is 49.7 Å². The Hall–Kier alpha value is -2.62. The first-order valence-corrected chi connectivity index (χ1v) is 10.9. The van der Waals surface area contributed by atoms with Crippen LogP contribution >= 0.6 is 0 Å². The minimum Gasteiger partial charge on any atom is -0.338 e. The number of aryl methyl sites for hydroxylation is 1. The average Bonchev–Trinajstić information content (AvgIpc) is 3.16. The lowest BCUT2D eigenvalue weighted by Gasteiger charge is -2.37. The topological polar surface area (TPSA) is 40.6 Å². The lowest BCUT2D eigenvalue weighted by atomic mass is 9.96. The number of benzene rings is 2. The van der Waals surface area contributed by atoms with Crippen molar-refractivity contribution in [2.45, 2.75) is 63.6 Å². The Balaban J connectivity index is 1.46. The predicted octanol–water partition coefficient (Wildman–Crippen LogP) is 4.19. The number of hydrogen-bond acceptors (Lipinski definition) is 2. The van der Waals surface area contributed by atoms with E-state index in [-0.39, 0.29) is 23.9 Å². The first kappa shape index (κ1) is 19.7. The highest BCUT2D eigenvalue weighted by molar-refractivity contribution is 5.79. The normalized spacial score (nSPS) is 22.1. The smallest absolute Gasteiger partial charge is 0.223 e. The third-order valence-corrected chi connectivity index (χ3v) is 6.36. The number of likely N-dealkylation sites (tertiary alicyclic amines) is 2. The quantitative estimate of drug-likeness (QED) is 0.768. The lowest BCUT2D eigenvalue weighted by molar-refractivity contribution is -0.139. The Labute approximate surface area is 173 Å². The van der Waals surface area contributed by atoms with Crippen molar-refractivity contribution < 1.29 is 9.59 Å². The summed E-state index contributed by atoms with van der Waals surface area (Å²) in [6.45, 7) is 1.41. The van der Waals surface area contributed by atoms with Crippen LogP contribution in [-0.4, -0.2) is 40.2 Å². The van der Waals surface area contributed by atoms with Crippen LogP contribution in [0, 0.1) is 0 Å². The van der Waals surface area contributed by atoms with Crippen LogP contribution in [0.15, 0.2) is 60.7 Å². The predicted molar refractivity (Wildman–Crippen MR) is 114 cm³/mol. The molecule has 0 unspecified atom stereocenters. The number of hydrogen-bond donors (Lipinski definition) is 0. The van der Waals surface area contributed by atoms with E-state index in [2.05, 4.69) is 34.1 Å². The van der Waals surface area contributed by atoms with E-state index in [4.69, 9.17) is 0 Å². The standard InChI is InChI=1S/C25H30N2O2/c28-24-14-8-7-13-22-23(27(24)19-21-11-5-2-6-12-21)17-18-26(22)25(29)16-15-20-9-3-1-4-10-20/h1-6,9-12,22-23H,7-8,13-19H2/t22-,23+/m1/s1. The fourth-order valence-electron chi connectivity index (χ4n) is 4.84. The van der Waals surface area contributed by atoms with Gasteiger partial charge in [-0.1, -0.05) is 67.1 Å². The Bertz CT molecular complexity index is 821. The molecule has 2 atom stereocenters. The summed E-state index contributed by atoms with van der Waals surface area (Å²) in [6, 6.07) is 20.7. The highest BCUT2D eigenvalue weighted by Crippen LogP contribution is 2.31. The second-order valence-corrected chi connectivity index (χ2v) is 8.25. The van der Waals surface area contributed by atoms with Crippen LogP contribution in [0.5, 0.6) is 0 Å². The third kappa shape index (κ3) is 4.69. The summed E-state index contributed by atoms with van der Waals surface area (Å²) in [6.07, 6.45) is 5.77. The second kappa shape index (κ2) is 9.25. The van der Waals surface area contributed by atoms with Gasteiger partial charge in [0.25, 0.3) is 0 Å². The van der Waals surface area contributed by atoms with E-state index in [9.17, 15) is 9.59 Å². The number of nitrogens with zero attached hydrogens (tertiary/aromatic N) is 2. The molecule has 4 heteroatoms. The van der Waals surface area contributed by atoms with Crippen LogP contribution in [0.3, 0.4) is 0 Å². The van der Waals surface area contributed by atoms with E-state index in [1.165, 1.54) is 5.56 Å². The van der Waals surface area contributed by atoms with Gasteiger partial charge in [-0.05, 0) is 36.8 Å². The van der Waals surface area contributed by atoms with E-state index in [0.717, 1.165) is 44.2 Å². The monoisotopic (exact) mass is 390 g/mol. The van der Waals surface area contributed by atoms with E-state index in [1.54, 1.807) is 0 Å². The molecule has 0 aliphatic carbocycles. The average molecular weight is 391 g/mol. The van der Waals surface area contributed by atoms with Gasteiger partial charge in [0, 0.05) is 25.9 Å². The molecule has 2 aliphatic heterocycles. The molecule has 29 heavy (non-hydrogen) atoms. The van der Waals surface area contributed by atoms with Gasteiger partial charge in [0.2, 0.25) is 11.8 Å². The molecule has 152 valence electrons. The number of rotatable bonds is 5. The number of amides is 2. The van der Waals surface area contributed by atoms with Gasteiger partial charge >= 0.3 is 0 Å². The zero-order valence-electron chi connectivity index (χ0n) is 17.0. The molecule has 4 nitrogen and oxygen atoms in total. The van der Waals surface area contributed by atoms with Crippen LogP contribution in [0.4, 0.5) is 0 Å². The van der Waals surface area contributed by atoms with Crippen LogP contribution < -0.4 is 0 Å². The van der Waals surface area contributed by atoms with Gasteiger partial charge in [0.05, 0.1) is 12.1 Å². The van der Waals surface area contributed by atoms with Crippen LogP contribution in [-0.2, 0) is 22.6 Å². The molecule has 0 radical (unpaired) electrons. The van der Waals surface area contributed by atoms with Crippen molar-refractivity contribution in [3.63, 3.8) is 0 Å². The Morgan fingerprint density at radius 2 is 1.55 bits per heavy atom. The molecular formula is C25H30N2O2. The molecule has 2 aliphatic rings. The summed E-state index contributed by atoms with van der Waals surface area (Å²) in [5.41, 5.74) is 2.36. The van der Waals surface area contributed by atoms with Gasteiger partial charge in [-0.25, -0.2) is 0 Å². The summed E-state index contributed by atoms with van der Waals surface area (Å²) in [5, 5.41) is 0. The molecule has 2 aromatic carbocycles. The van der Waals surface area contributed by atoms with Crippen LogP contribution in [0.25, 0.3) is 0 Å². The molecule has 0 spiro atoms. The maximum Gasteiger partial charge on any atom is 0.223 e. The van der Waals surface area contributed by atoms with Crippen molar-refractivity contribution in [3.8, 4) is 0 Å². The second-order valence-electron chi connectivity index (χ2n) is 8.25. The lowest BCUT2D eigenvalue weighted by Crippen LogP contribution is -2.49. The number of carbonyl (C=O) groups excluding carboxylic acids is 2. The zero-order valence-corrected chi connectivity index (χ0v) is 17.0. The fraction of sp³-hybridized carbons (Fsp3) is 0.440. The molecule has 2 heterocycles. The third-order valence-electron chi connectivity index (χ3n) is 6.36. The highest BCUT2D eigenvalue weighted by Gasteiger charge is 2.41. The van der Waals surface area contributed by atoms with E-state index < -0.39 is 0 Å². The Kier molecular flexibility index (Phi) is 6.28. The van der Waals surface area contributed by atoms with Crippen molar-refractivity contribution in [2.24, 2.45) is 0 Å². The van der Waals surface area contributed by atoms with Gasteiger partial charge in [-0.2, -0.15) is 0 Å². The summed E-state index contributed by atoms with van der Waals surface area (Å²) in [4.78, 5) is 30.1. The summed E-state index contributed by atoms with van der Waals surface area (Å²) < 4.78 is 0. The van der Waals surface area contributed by atoms with Gasteiger partial charge in [0.15, 0.2) is 0 Å². The SMILES string of the molecule is O=C(CCc1ccccc1)N1CC[C@H]2[C@H]1CCCCC(=O)N2Cc1ccccc1. The minimum absolute atomic E-state index is 0.142. The fourth-order valence-corrected chi connectivity index (χ4v) is 4.84. The van der Waals surface area contributed by atoms with Gasteiger partial charge in [0.1, 0.15) is 0 Å². The molecule has 2 saturated heterocycles. The summed E-state index contributed by atoms with van der Waals surface area (Å²) >= 11 is 0. The van der Waals surface area contributed by atoms with Crippen molar-refractivity contribution in [1.82, 2.24) is 9.80 Å². The molecule has 2 aromatic rings. The van der Waals surface area contributed by atoms with E-state index >= 15 is 0 Å². The highest BCUT2D eigenvalue weighted by atomic mass is 16.2. The molecule has 0 saturated carbocycles. The van der Waals surface area contributed by atoms with Gasteiger partial charge in [-0.3, -0.25) is 9.59 Å². The van der Waals surface area contributed by atoms with Crippen molar-refractivity contribution in [3.05, 3.63) is 71.8 Å². The van der Waals surface area contributed by atoms with Gasteiger partial charge < -0.3 is 9.80 Å². The molecule has 0 N–H and O–H groups in total. The number of carbonyl (C=O) groups is 2. The molecule has 2 fully saturated rings. The molecule has 4 rings (SSSR count). The molecule has 0 bridgehead atoms. The number of fused-ring (bicyclic) bond motifs is 1.